The number of carbonyl (C=O) groups excluding carboxylic acids is 2. The standard InChI is InChI=1S/C19H27N3O4S/c1-8-25-17(23)14-11(4)21-12(5)15(18(24)26-10(2)3)16(14)13-9-20-19(27-7)22(13)6/h9-10,16,21H,8H2,1-7H3. The van der Waals surface area contributed by atoms with Crippen LogP contribution in [0.5, 0.6) is 0 Å². The largest absolute Gasteiger partial charge is 0.463 e. The van der Waals surface area contributed by atoms with Crippen LogP contribution in [-0.4, -0.2) is 40.5 Å². The van der Waals surface area contributed by atoms with E-state index in [1.54, 1.807) is 40.8 Å². The Bertz CT molecular complexity index is 808. The van der Waals surface area contributed by atoms with Crippen molar-refractivity contribution in [1.29, 1.82) is 0 Å². The number of esters is 2. The molecule has 1 aliphatic rings. The van der Waals surface area contributed by atoms with Crippen LogP contribution in [0.15, 0.2) is 33.9 Å². The van der Waals surface area contributed by atoms with Crippen molar-refractivity contribution in [1.82, 2.24) is 14.9 Å². The number of aromatic nitrogens is 2. The van der Waals surface area contributed by atoms with Crippen LogP contribution in [-0.2, 0) is 26.1 Å². The molecule has 0 saturated carbocycles. The van der Waals surface area contributed by atoms with Crippen molar-refractivity contribution in [2.45, 2.75) is 51.8 Å². The van der Waals surface area contributed by atoms with Crippen LogP contribution in [0.25, 0.3) is 0 Å². The normalized spacial score (nSPS) is 17.3. The molecule has 1 aliphatic heterocycles. The predicted octanol–water partition coefficient (Wildman–Crippen LogP) is 2.89. The molecule has 0 fully saturated rings. The van der Waals surface area contributed by atoms with E-state index >= 15 is 0 Å². The van der Waals surface area contributed by atoms with Gasteiger partial charge in [0.2, 0.25) is 0 Å². The Hall–Kier alpha value is -2.22. The van der Waals surface area contributed by atoms with Crippen LogP contribution in [0.1, 0.15) is 46.2 Å². The first-order valence-electron chi connectivity index (χ1n) is 8.85. The van der Waals surface area contributed by atoms with Crippen molar-refractivity contribution in [3.05, 3.63) is 34.4 Å². The van der Waals surface area contributed by atoms with E-state index in [2.05, 4.69) is 10.3 Å². The summed E-state index contributed by atoms with van der Waals surface area (Å²) in [6.45, 7) is 9.20. The molecule has 0 bridgehead atoms. The summed E-state index contributed by atoms with van der Waals surface area (Å²) in [4.78, 5) is 30.1. The Morgan fingerprint density at radius 3 is 2.33 bits per heavy atom. The highest BCUT2D eigenvalue weighted by molar-refractivity contribution is 7.98. The molecule has 0 aliphatic carbocycles. The van der Waals surface area contributed by atoms with Crippen molar-refractivity contribution in [3.8, 4) is 0 Å². The van der Waals surface area contributed by atoms with Gasteiger partial charge in [-0.15, -0.1) is 0 Å². The molecule has 8 heteroatoms. The van der Waals surface area contributed by atoms with Gasteiger partial charge in [0.25, 0.3) is 0 Å². The Morgan fingerprint density at radius 1 is 1.26 bits per heavy atom. The fourth-order valence-electron chi connectivity index (χ4n) is 3.18. The minimum atomic E-state index is -0.616. The molecule has 0 saturated heterocycles. The molecule has 0 radical (unpaired) electrons. The van der Waals surface area contributed by atoms with Crippen LogP contribution in [0.4, 0.5) is 0 Å². The lowest BCUT2D eigenvalue weighted by Crippen LogP contribution is -2.34. The Labute approximate surface area is 164 Å². The number of hydrogen-bond donors (Lipinski definition) is 1. The molecule has 0 aromatic carbocycles. The van der Waals surface area contributed by atoms with Crippen molar-refractivity contribution < 1.29 is 19.1 Å². The molecule has 2 heterocycles. The molecular weight excluding hydrogens is 366 g/mol. The first kappa shape index (κ1) is 21.1. The quantitative estimate of drug-likeness (QED) is 0.588. The summed E-state index contributed by atoms with van der Waals surface area (Å²) in [6.07, 6.45) is 3.35. The summed E-state index contributed by atoms with van der Waals surface area (Å²) >= 11 is 1.49. The fourth-order valence-corrected chi connectivity index (χ4v) is 3.72. The van der Waals surface area contributed by atoms with E-state index in [-0.39, 0.29) is 12.7 Å². The molecule has 27 heavy (non-hydrogen) atoms. The molecule has 1 unspecified atom stereocenters. The second kappa shape index (κ2) is 8.65. The lowest BCUT2D eigenvalue weighted by Gasteiger charge is -2.30. The topological polar surface area (TPSA) is 82.4 Å². The summed E-state index contributed by atoms with van der Waals surface area (Å²) in [7, 11) is 1.87. The smallest absolute Gasteiger partial charge is 0.337 e. The van der Waals surface area contributed by atoms with E-state index in [9.17, 15) is 9.59 Å². The second-order valence-corrected chi connectivity index (χ2v) is 7.31. The summed E-state index contributed by atoms with van der Waals surface area (Å²) in [5.41, 5.74) is 2.84. The van der Waals surface area contributed by atoms with Gasteiger partial charge in [0.05, 0.1) is 41.7 Å². The Balaban J connectivity index is 2.66. The molecule has 0 spiro atoms. The van der Waals surface area contributed by atoms with E-state index in [1.165, 1.54) is 11.8 Å². The van der Waals surface area contributed by atoms with Crippen LogP contribution in [0, 0.1) is 0 Å². The zero-order valence-electron chi connectivity index (χ0n) is 16.9. The van der Waals surface area contributed by atoms with Gasteiger partial charge >= 0.3 is 11.9 Å². The molecule has 1 aromatic rings. The SMILES string of the molecule is CCOC(=O)C1=C(C)NC(C)=C(C(=O)OC(C)C)C1c1cnc(SC)n1C. The Morgan fingerprint density at radius 2 is 1.85 bits per heavy atom. The average Bonchev–Trinajstić information content (AvgIpc) is 2.93. The minimum absolute atomic E-state index is 0.248. The number of imidazole rings is 1. The number of allylic oxidation sites excluding steroid dienone is 2. The molecule has 2 rings (SSSR count). The number of dihydropyridines is 1. The van der Waals surface area contributed by atoms with Gasteiger partial charge in [-0.2, -0.15) is 0 Å². The average molecular weight is 394 g/mol. The monoisotopic (exact) mass is 393 g/mol. The van der Waals surface area contributed by atoms with Gasteiger partial charge in [0, 0.05) is 18.4 Å². The highest BCUT2D eigenvalue weighted by atomic mass is 32.2. The highest BCUT2D eigenvalue weighted by Crippen LogP contribution is 2.40. The molecule has 148 valence electrons. The summed E-state index contributed by atoms with van der Waals surface area (Å²) in [5, 5.41) is 3.93. The third-order valence-electron chi connectivity index (χ3n) is 4.28. The Kier molecular flexibility index (Phi) is 6.75. The van der Waals surface area contributed by atoms with E-state index in [1.807, 2.05) is 17.9 Å². The summed E-state index contributed by atoms with van der Waals surface area (Å²) in [5.74, 6) is -1.53. The molecule has 0 amide bonds. The zero-order valence-corrected chi connectivity index (χ0v) is 17.7. The molecule has 1 N–H and O–H groups in total. The zero-order chi connectivity index (χ0) is 20.3. The van der Waals surface area contributed by atoms with Gasteiger partial charge < -0.3 is 19.4 Å². The van der Waals surface area contributed by atoms with Gasteiger partial charge in [-0.05, 0) is 40.9 Å². The van der Waals surface area contributed by atoms with Crippen LogP contribution in [0.2, 0.25) is 0 Å². The molecule has 1 aromatic heterocycles. The number of ether oxygens (including phenoxy) is 2. The fraction of sp³-hybridized carbons (Fsp3) is 0.526. The third kappa shape index (κ3) is 4.21. The van der Waals surface area contributed by atoms with Crippen molar-refractivity contribution in [2.75, 3.05) is 12.9 Å². The number of thioether (sulfide) groups is 1. The van der Waals surface area contributed by atoms with Crippen LogP contribution in [0.3, 0.4) is 0 Å². The van der Waals surface area contributed by atoms with Gasteiger partial charge in [-0.25, -0.2) is 14.6 Å². The van der Waals surface area contributed by atoms with Crippen LogP contribution >= 0.6 is 11.8 Å². The number of hydrogen-bond acceptors (Lipinski definition) is 7. The molecular formula is C19H27N3O4S. The number of carbonyl (C=O) groups is 2. The van der Waals surface area contributed by atoms with Gasteiger partial charge in [0.1, 0.15) is 0 Å². The number of nitrogens with one attached hydrogen (secondary N) is 1. The van der Waals surface area contributed by atoms with Crippen molar-refractivity contribution in [2.24, 2.45) is 7.05 Å². The van der Waals surface area contributed by atoms with E-state index in [4.69, 9.17) is 9.47 Å². The summed E-state index contributed by atoms with van der Waals surface area (Å²) in [6, 6.07) is 0. The van der Waals surface area contributed by atoms with Gasteiger partial charge in [0.15, 0.2) is 5.16 Å². The second-order valence-electron chi connectivity index (χ2n) is 6.54. The molecule has 7 nitrogen and oxygen atoms in total. The van der Waals surface area contributed by atoms with Gasteiger partial charge in [-0.1, -0.05) is 11.8 Å². The van der Waals surface area contributed by atoms with E-state index in [0.717, 1.165) is 10.9 Å². The maximum atomic E-state index is 12.9. The van der Waals surface area contributed by atoms with E-state index in [0.29, 0.717) is 22.5 Å². The van der Waals surface area contributed by atoms with Crippen LogP contribution < -0.4 is 5.32 Å². The predicted molar refractivity (Wildman–Crippen MR) is 104 cm³/mol. The third-order valence-corrected chi connectivity index (χ3v) is 5.02. The minimum Gasteiger partial charge on any atom is -0.463 e. The first-order chi connectivity index (χ1) is 12.7. The summed E-state index contributed by atoms with van der Waals surface area (Å²) < 4.78 is 12.6. The maximum Gasteiger partial charge on any atom is 0.337 e. The maximum absolute atomic E-state index is 12.9. The number of rotatable bonds is 6. The van der Waals surface area contributed by atoms with E-state index < -0.39 is 17.9 Å². The molecule has 1 atom stereocenters. The highest BCUT2D eigenvalue weighted by Gasteiger charge is 2.40. The van der Waals surface area contributed by atoms with Gasteiger partial charge in [-0.3, -0.25) is 0 Å². The van der Waals surface area contributed by atoms with Crippen molar-refractivity contribution in [3.63, 3.8) is 0 Å². The van der Waals surface area contributed by atoms with Crippen molar-refractivity contribution >= 4 is 23.7 Å². The lowest BCUT2D eigenvalue weighted by atomic mass is 9.83. The number of nitrogens with zero attached hydrogens (tertiary/aromatic N) is 2. The lowest BCUT2D eigenvalue weighted by molar-refractivity contribution is -0.143. The first-order valence-corrected chi connectivity index (χ1v) is 10.1.